The van der Waals surface area contributed by atoms with Crippen molar-refractivity contribution in [3.63, 3.8) is 0 Å². The molecule has 0 bridgehead atoms. The van der Waals surface area contributed by atoms with E-state index in [1.54, 1.807) is 16.9 Å². The predicted molar refractivity (Wildman–Crippen MR) is 126 cm³/mol. The molecule has 4 rings (SSSR count). The van der Waals surface area contributed by atoms with Crippen molar-refractivity contribution in [2.75, 3.05) is 13.2 Å². The van der Waals surface area contributed by atoms with Gasteiger partial charge in [0.25, 0.3) is 5.56 Å². The van der Waals surface area contributed by atoms with Crippen molar-refractivity contribution in [2.45, 2.75) is 32.9 Å². The number of fused-ring (bicyclic) bond motifs is 1. The monoisotopic (exact) mass is 462 g/mol. The van der Waals surface area contributed by atoms with Gasteiger partial charge in [0, 0.05) is 23.6 Å². The van der Waals surface area contributed by atoms with Gasteiger partial charge in [-0.2, -0.15) is 5.10 Å². The molecule has 0 radical (unpaired) electrons. The summed E-state index contributed by atoms with van der Waals surface area (Å²) < 4.78 is 14.6. The van der Waals surface area contributed by atoms with E-state index in [2.05, 4.69) is 10.2 Å². The fraction of sp³-hybridized carbons (Fsp3) is 0.280. The number of ether oxygens (including phenoxy) is 2. The van der Waals surface area contributed by atoms with Crippen molar-refractivity contribution in [2.24, 2.45) is 0 Å². The molecule has 0 aliphatic carbocycles. The minimum Gasteiger partial charge on any atom is -0.492 e. The number of carboxylic acid groups (broad SMARTS) is 1. The minimum atomic E-state index is -0.860. The van der Waals surface area contributed by atoms with Crippen LogP contribution in [0.1, 0.15) is 24.5 Å². The van der Waals surface area contributed by atoms with Gasteiger partial charge in [-0.15, -0.1) is 5.10 Å². The number of aryl methyl sites for hydroxylation is 1. The van der Waals surface area contributed by atoms with E-state index in [-0.39, 0.29) is 12.0 Å². The molecule has 0 unspecified atom stereocenters. The van der Waals surface area contributed by atoms with Crippen LogP contribution in [0.2, 0.25) is 0 Å². The van der Waals surface area contributed by atoms with E-state index in [1.807, 2.05) is 55.6 Å². The maximum Gasteiger partial charge on any atom is 0.303 e. The minimum absolute atomic E-state index is 0.0181. The Morgan fingerprint density at radius 3 is 2.79 bits per heavy atom. The van der Waals surface area contributed by atoms with Gasteiger partial charge in [0.05, 0.1) is 31.3 Å². The lowest BCUT2D eigenvalue weighted by Crippen LogP contribution is -2.25. The van der Waals surface area contributed by atoms with E-state index >= 15 is 0 Å². The Hall–Kier alpha value is -4.14. The molecule has 1 N–H and O–H groups in total. The van der Waals surface area contributed by atoms with Gasteiger partial charge < -0.3 is 14.6 Å². The number of nitrogens with zero attached hydrogens (tertiary/aromatic N) is 4. The molecule has 2 heterocycles. The smallest absolute Gasteiger partial charge is 0.303 e. The first-order chi connectivity index (χ1) is 16.5. The number of carbonyl (C=O) groups is 1. The van der Waals surface area contributed by atoms with E-state index in [1.165, 1.54) is 4.68 Å². The van der Waals surface area contributed by atoms with Crippen molar-refractivity contribution in [3.8, 4) is 11.6 Å². The average Bonchev–Trinajstić information content (AvgIpc) is 3.21. The third kappa shape index (κ3) is 5.61. The van der Waals surface area contributed by atoms with Crippen molar-refractivity contribution in [1.29, 1.82) is 0 Å². The zero-order chi connectivity index (χ0) is 23.9. The second-order valence-electron chi connectivity index (χ2n) is 7.74. The van der Waals surface area contributed by atoms with E-state index < -0.39 is 5.97 Å². The summed E-state index contributed by atoms with van der Waals surface area (Å²) in [5, 5.41) is 19.1. The molecule has 0 aliphatic rings. The zero-order valence-electron chi connectivity index (χ0n) is 18.9. The van der Waals surface area contributed by atoms with Crippen LogP contribution in [0.3, 0.4) is 0 Å². The van der Waals surface area contributed by atoms with Gasteiger partial charge in [-0.3, -0.25) is 14.3 Å². The van der Waals surface area contributed by atoms with Crippen molar-refractivity contribution < 1.29 is 19.4 Å². The van der Waals surface area contributed by atoms with Crippen LogP contribution in [0, 0.1) is 0 Å². The van der Waals surface area contributed by atoms with Crippen molar-refractivity contribution in [3.05, 3.63) is 82.4 Å². The van der Waals surface area contributed by atoms with Gasteiger partial charge in [0.1, 0.15) is 12.4 Å². The fourth-order valence-corrected chi connectivity index (χ4v) is 3.65. The number of rotatable bonds is 11. The summed E-state index contributed by atoms with van der Waals surface area (Å²) in [5.41, 5.74) is 1.59. The summed E-state index contributed by atoms with van der Waals surface area (Å²) in [5.74, 6) is 0.278. The Balaban J connectivity index is 1.40. The topological polar surface area (TPSA) is 108 Å². The lowest BCUT2D eigenvalue weighted by Gasteiger charge is -2.10. The van der Waals surface area contributed by atoms with Crippen LogP contribution in [0.15, 0.2) is 65.7 Å². The summed E-state index contributed by atoms with van der Waals surface area (Å²) in [6.45, 7) is 3.43. The zero-order valence-corrected chi connectivity index (χ0v) is 18.9. The largest absolute Gasteiger partial charge is 0.492 e. The molecular formula is C25H26N4O5. The highest BCUT2D eigenvalue weighted by Gasteiger charge is 2.12. The van der Waals surface area contributed by atoms with Gasteiger partial charge >= 0.3 is 5.97 Å². The summed E-state index contributed by atoms with van der Waals surface area (Å²) in [7, 11) is 0. The number of hydrogen-bond acceptors (Lipinski definition) is 6. The van der Waals surface area contributed by atoms with E-state index in [0.29, 0.717) is 49.7 Å². The molecule has 9 heteroatoms. The second-order valence-corrected chi connectivity index (χ2v) is 7.74. The molecule has 0 saturated carbocycles. The predicted octanol–water partition coefficient (Wildman–Crippen LogP) is 3.14. The Bertz CT molecular complexity index is 1340. The molecule has 0 aliphatic heterocycles. The highest BCUT2D eigenvalue weighted by molar-refractivity contribution is 5.80. The van der Waals surface area contributed by atoms with Crippen molar-refractivity contribution >= 4 is 16.7 Å². The molecule has 4 aromatic rings. The Morgan fingerprint density at radius 2 is 1.97 bits per heavy atom. The van der Waals surface area contributed by atoms with Gasteiger partial charge in [-0.05, 0) is 37.1 Å². The summed E-state index contributed by atoms with van der Waals surface area (Å²) >= 11 is 0. The normalized spacial score (nSPS) is 11.0. The highest BCUT2D eigenvalue weighted by atomic mass is 16.5. The van der Waals surface area contributed by atoms with Crippen LogP contribution in [-0.4, -0.2) is 43.9 Å². The molecule has 0 atom stereocenters. The van der Waals surface area contributed by atoms with Gasteiger partial charge in [0.15, 0.2) is 0 Å². The maximum absolute atomic E-state index is 12.6. The molecule has 0 saturated heterocycles. The molecule has 34 heavy (non-hydrogen) atoms. The first-order valence-electron chi connectivity index (χ1n) is 11.1. The van der Waals surface area contributed by atoms with Gasteiger partial charge in [-0.1, -0.05) is 30.3 Å². The van der Waals surface area contributed by atoms with E-state index in [0.717, 1.165) is 16.5 Å². The Morgan fingerprint density at radius 1 is 1.12 bits per heavy atom. The summed E-state index contributed by atoms with van der Waals surface area (Å²) in [6, 6.07) is 15.0. The summed E-state index contributed by atoms with van der Waals surface area (Å²) in [4.78, 5) is 23.5. The van der Waals surface area contributed by atoms with Crippen LogP contribution >= 0.6 is 0 Å². The molecule has 9 nitrogen and oxygen atoms in total. The standard InChI is InChI=1S/C25H26N4O5/c1-2-33-24-20(10-11-23(30)31)17-28(27-24)16-18-6-5-8-21(14-18)34-13-12-29-25(32)22-9-4-3-7-19(22)15-26-29/h3-9,14-15,17H,2,10-13,16H2,1H3,(H,30,31). The first kappa shape index (κ1) is 23.0. The number of aliphatic carboxylic acids is 1. The molecule has 0 fully saturated rings. The first-order valence-corrected chi connectivity index (χ1v) is 11.1. The Labute approximate surface area is 196 Å². The van der Waals surface area contributed by atoms with E-state index in [9.17, 15) is 9.59 Å². The molecule has 2 aromatic heterocycles. The molecule has 0 spiro atoms. The lowest BCUT2D eigenvalue weighted by atomic mass is 10.2. The maximum atomic E-state index is 12.6. The van der Waals surface area contributed by atoms with E-state index in [4.69, 9.17) is 14.6 Å². The van der Waals surface area contributed by atoms with Crippen LogP contribution in [0.25, 0.3) is 10.8 Å². The fourth-order valence-electron chi connectivity index (χ4n) is 3.65. The molecule has 0 amide bonds. The second kappa shape index (κ2) is 10.7. The van der Waals surface area contributed by atoms with Crippen LogP contribution in [-0.2, 0) is 24.3 Å². The molecule has 2 aromatic carbocycles. The third-order valence-corrected chi connectivity index (χ3v) is 5.26. The highest BCUT2D eigenvalue weighted by Crippen LogP contribution is 2.20. The SMILES string of the molecule is CCOc1nn(Cc2cccc(OCCn3ncc4ccccc4c3=O)c2)cc1CCC(=O)O. The quantitative estimate of drug-likeness (QED) is 0.365. The van der Waals surface area contributed by atoms with Crippen molar-refractivity contribution in [1.82, 2.24) is 19.6 Å². The average molecular weight is 463 g/mol. The van der Waals surface area contributed by atoms with Crippen LogP contribution in [0.4, 0.5) is 0 Å². The van der Waals surface area contributed by atoms with Crippen LogP contribution in [0.5, 0.6) is 11.6 Å². The molecule has 176 valence electrons. The number of benzene rings is 2. The van der Waals surface area contributed by atoms with Gasteiger partial charge in [0.2, 0.25) is 5.88 Å². The number of aromatic nitrogens is 4. The van der Waals surface area contributed by atoms with Gasteiger partial charge in [-0.25, -0.2) is 4.68 Å². The lowest BCUT2D eigenvalue weighted by molar-refractivity contribution is -0.136. The molecular weight excluding hydrogens is 436 g/mol. The number of carboxylic acids is 1. The summed E-state index contributed by atoms with van der Waals surface area (Å²) in [6.07, 6.45) is 3.88. The Kier molecular flexibility index (Phi) is 7.22. The van der Waals surface area contributed by atoms with Crippen LogP contribution < -0.4 is 15.0 Å². The third-order valence-electron chi connectivity index (χ3n) is 5.26. The number of hydrogen-bond donors (Lipinski definition) is 1.